The minimum Gasteiger partial charge on any atom is -0.475 e. The van der Waals surface area contributed by atoms with Crippen molar-refractivity contribution < 1.29 is 27.9 Å². The molecule has 1 aliphatic heterocycles. The third-order valence-electron chi connectivity index (χ3n) is 5.24. The van der Waals surface area contributed by atoms with Crippen LogP contribution in [0, 0.1) is 6.92 Å². The van der Waals surface area contributed by atoms with Gasteiger partial charge in [0.1, 0.15) is 5.69 Å². The average Bonchev–Trinajstić information content (AvgIpc) is 3.26. The molecule has 1 atom stereocenters. The van der Waals surface area contributed by atoms with E-state index in [4.69, 9.17) is 15.6 Å². The molecule has 0 saturated carbocycles. The number of nitrogens with two attached hydrogens (primary N) is 1. The predicted octanol–water partition coefficient (Wildman–Crippen LogP) is 3.76. The topological polar surface area (TPSA) is 114 Å². The van der Waals surface area contributed by atoms with E-state index in [1.807, 2.05) is 36.5 Å². The Bertz CT molecular complexity index is 965. The molecule has 1 aliphatic rings. The molecule has 1 aromatic carbocycles. The zero-order valence-corrected chi connectivity index (χ0v) is 20.4. The summed E-state index contributed by atoms with van der Waals surface area (Å²) in [6.45, 7) is 9.42. The molecule has 2 heterocycles. The number of piperidine rings is 1. The first-order chi connectivity index (χ1) is 15.7. The van der Waals surface area contributed by atoms with E-state index in [1.165, 1.54) is 5.56 Å². The number of aliphatic carboxylic acids is 1. The van der Waals surface area contributed by atoms with Gasteiger partial charge in [0.25, 0.3) is 0 Å². The summed E-state index contributed by atoms with van der Waals surface area (Å²) in [5, 5.41) is 15.5. The number of carboxylic acid groups (broad SMARTS) is 1. The van der Waals surface area contributed by atoms with Crippen LogP contribution in [0.1, 0.15) is 50.9 Å². The van der Waals surface area contributed by atoms with Gasteiger partial charge < -0.3 is 15.7 Å². The second kappa shape index (κ2) is 11.2. The minimum absolute atomic E-state index is 0.0831. The highest BCUT2D eigenvalue weighted by atomic mass is 32.2. The van der Waals surface area contributed by atoms with Gasteiger partial charge in [0.05, 0.1) is 23.0 Å². The maximum Gasteiger partial charge on any atom is 0.490 e. The predicted molar refractivity (Wildman–Crippen MR) is 122 cm³/mol. The summed E-state index contributed by atoms with van der Waals surface area (Å²) < 4.78 is 33.6. The number of alkyl halides is 3. The SMILES string of the molecule is Cc1ccc(SC(C)C(=O)N2CCC(n3cc(C(C)(C)N)nn3)CC2)cc1.O=C(O)C(F)(F)F. The number of thioether (sulfide) groups is 1. The van der Waals surface area contributed by atoms with Crippen molar-refractivity contribution in [1.29, 1.82) is 0 Å². The number of rotatable bonds is 5. The van der Waals surface area contributed by atoms with E-state index in [0.717, 1.165) is 36.5 Å². The molecule has 188 valence electrons. The van der Waals surface area contributed by atoms with Gasteiger partial charge in [0.2, 0.25) is 5.91 Å². The van der Waals surface area contributed by atoms with E-state index in [0.29, 0.717) is 0 Å². The van der Waals surface area contributed by atoms with Gasteiger partial charge >= 0.3 is 12.1 Å². The van der Waals surface area contributed by atoms with Crippen LogP contribution >= 0.6 is 11.8 Å². The van der Waals surface area contributed by atoms with Gasteiger partial charge in [0.15, 0.2) is 0 Å². The Morgan fingerprint density at radius 1 is 1.18 bits per heavy atom. The van der Waals surface area contributed by atoms with Crippen LogP contribution in [0.4, 0.5) is 13.2 Å². The molecule has 1 amide bonds. The minimum atomic E-state index is -5.08. The molecule has 2 aromatic rings. The number of aromatic nitrogens is 3. The number of benzene rings is 1. The standard InChI is InChI=1S/C20H29N5OS.C2HF3O2/c1-14-5-7-17(8-6-14)27-15(2)19(26)24-11-9-16(10-12-24)25-13-18(22-23-25)20(3,4)21;3-2(4,5)1(6)7/h5-8,13,15-16H,9-12,21H2,1-4H3;(H,6,7). The van der Waals surface area contributed by atoms with Gasteiger partial charge in [-0.25, -0.2) is 9.48 Å². The van der Waals surface area contributed by atoms with E-state index >= 15 is 0 Å². The van der Waals surface area contributed by atoms with Gasteiger partial charge in [-0.15, -0.1) is 16.9 Å². The molecule has 1 saturated heterocycles. The Hall–Kier alpha value is -2.60. The molecule has 0 radical (unpaired) electrons. The third kappa shape index (κ3) is 8.01. The van der Waals surface area contributed by atoms with Gasteiger partial charge in [-0.2, -0.15) is 13.2 Å². The Balaban J connectivity index is 0.000000509. The Labute approximate surface area is 200 Å². The molecule has 1 unspecified atom stereocenters. The molecule has 3 rings (SSSR count). The summed E-state index contributed by atoms with van der Waals surface area (Å²) in [5.41, 5.74) is 7.63. The van der Waals surface area contributed by atoms with Crippen molar-refractivity contribution in [1.82, 2.24) is 19.9 Å². The van der Waals surface area contributed by atoms with Crippen molar-refractivity contribution in [3.63, 3.8) is 0 Å². The fourth-order valence-corrected chi connectivity index (χ4v) is 4.18. The lowest BCUT2D eigenvalue weighted by molar-refractivity contribution is -0.192. The van der Waals surface area contributed by atoms with Gasteiger partial charge in [0, 0.05) is 18.0 Å². The van der Waals surface area contributed by atoms with Crippen LogP contribution in [0.5, 0.6) is 0 Å². The summed E-state index contributed by atoms with van der Waals surface area (Å²) in [5.74, 6) is -2.55. The Morgan fingerprint density at radius 2 is 1.71 bits per heavy atom. The van der Waals surface area contributed by atoms with Crippen LogP contribution in [0.2, 0.25) is 0 Å². The van der Waals surface area contributed by atoms with Gasteiger partial charge in [-0.05, 0) is 52.7 Å². The highest BCUT2D eigenvalue weighted by molar-refractivity contribution is 8.00. The van der Waals surface area contributed by atoms with E-state index in [-0.39, 0.29) is 17.2 Å². The number of carbonyl (C=O) groups is 2. The molecule has 0 aliphatic carbocycles. The largest absolute Gasteiger partial charge is 0.490 e. The summed E-state index contributed by atoms with van der Waals surface area (Å²) in [6.07, 6.45) is -1.36. The number of aryl methyl sites for hydroxylation is 1. The van der Waals surface area contributed by atoms with Crippen LogP contribution in [-0.4, -0.2) is 61.4 Å². The molecular weight excluding hydrogens is 471 g/mol. The maximum absolute atomic E-state index is 12.8. The number of halogens is 3. The zero-order valence-electron chi connectivity index (χ0n) is 19.5. The third-order valence-corrected chi connectivity index (χ3v) is 6.34. The first kappa shape index (κ1) is 27.6. The highest BCUT2D eigenvalue weighted by Crippen LogP contribution is 2.28. The summed E-state index contributed by atoms with van der Waals surface area (Å²) in [4.78, 5) is 24.8. The normalized spacial score (nSPS) is 15.9. The molecule has 1 fully saturated rings. The molecule has 1 aromatic heterocycles. The van der Waals surface area contributed by atoms with Crippen molar-refractivity contribution in [2.24, 2.45) is 5.73 Å². The first-order valence-electron chi connectivity index (χ1n) is 10.7. The van der Waals surface area contributed by atoms with E-state index in [1.54, 1.807) is 11.8 Å². The highest BCUT2D eigenvalue weighted by Gasteiger charge is 2.38. The molecule has 12 heteroatoms. The fourth-order valence-electron chi connectivity index (χ4n) is 3.23. The van der Waals surface area contributed by atoms with Crippen LogP contribution in [0.15, 0.2) is 35.4 Å². The average molecular weight is 502 g/mol. The van der Waals surface area contributed by atoms with Crippen LogP contribution in [-0.2, 0) is 15.1 Å². The molecule has 3 N–H and O–H groups in total. The summed E-state index contributed by atoms with van der Waals surface area (Å²) in [6, 6.07) is 8.60. The van der Waals surface area contributed by atoms with Crippen LogP contribution in [0.25, 0.3) is 0 Å². The number of carbonyl (C=O) groups excluding carboxylic acids is 1. The van der Waals surface area contributed by atoms with E-state index in [2.05, 4.69) is 41.5 Å². The van der Waals surface area contributed by atoms with Crippen molar-refractivity contribution in [2.75, 3.05) is 13.1 Å². The Kier molecular flexibility index (Phi) is 9.12. The van der Waals surface area contributed by atoms with E-state index in [9.17, 15) is 18.0 Å². The zero-order chi connectivity index (χ0) is 25.7. The lowest BCUT2D eigenvalue weighted by atomic mass is 10.0. The van der Waals surface area contributed by atoms with Gasteiger partial charge in [-0.1, -0.05) is 22.9 Å². The summed E-state index contributed by atoms with van der Waals surface area (Å²) >= 11 is 1.62. The Morgan fingerprint density at radius 3 is 2.15 bits per heavy atom. The number of hydrogen-bond acceptors (Lipinski definition) is 6. The van der Waals surface area contributed by atoms with Crippen molar-refractivity contribution in [2.45, 2.75) is 68.4 Å². The number of carboxylic acids is 1. The van der Waals surface area contributed by atoms with Crippen molar-refractivity contribution in [3.8, 4) is 0 Å². The van der Waals surface area contributed by atoms with Gasteiger partial charge in [-0.3, -0.25) is 4.79 Å². The molecular formula is C22H30F3N5O3S. The van der Waals surface area contributed by atoms with Crippen LogP contribution in [0.3, 0.4) is 0 Å². The maximum atomic E-state index is 12.8. The molecule has 34 heavy (non-hydrogen) atoms. The lowest BCUT2D eigenvalue weighted by Crippen LogP contribution is -2.42. The van der Waals surface area contributed by atoms with Crippen molar-refractivity contribution >= 4 is 23.6 Å². The van der Waals surface area contributed by atoms with Crippen LogP contribution < -0.4 is 5.73 Å². The summed E-state index contributed by atoms with van der Waals surface area (Å²) in [7, 11) is 0. The number of likely N-dealkylation sites (tertiary alicyclic amines) is 1. The second-order valence-electron chi connectivity index (χ2n) is 8.74. The molecule has 8 nitrogen and oxygen atoms in total. The number of nitrogens with zero attached hydrogens (tertiary/aromatic N) is 4. The lowest BCUT2D eigenvalue weighted by Gasteiger charge is -2.33. The first-order valence-corrected chi connectivity index (χ1v) is 11.6. The second-order valence-corrected chi connectivity index (χ2v) is 10.2. The fraction of sp³-hybridized carbons (Fsp3) is 0.545. The van der Waals surface area contributed by atoms with Crippen molar-refractivity contribution in [3.05, 3.63) is 41.7 Å². The quantitative estimate of drug-likeness (QED) is 0.600. The number of hydrogen-bond donors (Lipinski definition) is 2. The molecule has 0 spiro atoms. The monoisotopic (exact) mass is 501 g/mol. The number of amides is 1. The molecule has 0 bridgehead atoms. The van der Waals surface area contributed by atoms with E-state index < -0.39 is 17.7 Å². The smallest absolute Gasteiger partial charge is 0.475 e.